The van der Waals surface area contributed by atoms with Gasteiger partial charge >= 0.3 is 0 Å². The third-order valence-electron chi connectivity index (χ3n) is 6.41. The predicted octanol–water partition coefficient (Wildman–Crippen LogP) is 5.54. The van der Waals surface area contributed by atoms with Gasteiger partial charge in [-0.3, -0.25) is 14.7 Å². The van der Waals surface area contributed by atoms with Gasteiger partial charge < -0.3 is 5.32 Å². The molecule has 1 amide bonds. The molecule has 5 rings (SSSR count). The maximum atomic E-state index is 11.3. The number of nitrogens with one attached hydrogen (secondary N) is 1. The number of pyridine rings is 1. The zero-order valence-corrected chi connectivity index (χ0v) is 19.9. The first-order chi connectivity index (χ1) is 17.2. The molecule has 0 saturated carbocycles. The Morgan fingerprint density at radius 1 is 1.00 bits per heavy atom. The van der Waals surface area contributed by atoms with Crippen LogP contribution in [0.15, 0.2) is 85.3 Å². The van der Waals surface area contributed by atoms with E-state index in [9.17, 15) is 4.79 Å². The van der Waals surface area contributed by atoms with Crippen molar-refractivity contribution in [2.24, 2.45) is 0 Å². The molecule has 2 aromatic heterocycles. The SMILES string of the molecule is CC(=O)Nc1ccc(CN2CCC[C@@H](c3nc(-c4ccncc4)ncc3-c3ccccc3)C2)cc1. The van der Waals surface area contributed by atoms with E-state index in [1.54, 1.807) is 12.4 Å². The van der Waals surface area contributed by atoms with Crippen LogP contribution >= 0.6 is 0 Å². The topological polar surface area (TPSA) is 71.0 Å². The van der Waals surface area contributed by atoms with Crippen molar-refractivity contribution in [3.63, 3.8) is 0 Å². The molecular formula is C29H29N5O. The molecule has 6 heteroatoms. The molecule has 0 spiro atoms. The average molecular weight is 464 g/mol. The molecule has 35 heavy (non-hydrogen) atoms. The number of carbonyl (C=O) groups is 1. The molecule has 1 N–H and O–H groups in total. The normalized spacial score (nSPS) is 16.1. The smallest absolute Gasteiger partial charge is 0.221 e. The van der Waals surface area contributed by atoms with E-state index in [1.165, 1.54) is 12.5 Å². The Hall–Kier alpha value is -3.90. The molecule has 0 aliphatic carbocycles. The van der Waals surface area contributed by atoms with Gasteiger partial charge in [0.15, 0.2) is 5.82 Å². The molecule has 4 aromatic rings. The van der Waals surface area contributed by atoms with Gasteiger partial charge in [-0.15, -0.1) is 0 Å². The molecular weight excluding hydrogens is 434 g/mol. The summed E-state index contributed by atoms with van der Waals surface area (Å²) < 4.78 is 0. The van der Waals surface area contributed by atoms with Crippen molar-refractivity contribution in [2.75, 3.05) is 18.4 Å². The van der Waals surface area contributed by atoms with E-state index in [1.807, 2.05) is 36.5 Å². The summed E-state index contributed by atoms with van der Waals surface area (Å²) in [6, 6.07) is 22.5. The number of benzene rings is 2. The number of amides is 1. The van der Waals surface area contributed by atoms with Crippen molar-refractivity contribution in [1.29, 1.82) is 0 Å². The summed E-state index contributed by atoms with van der Waals surface area (Å²) in [7, 11) is 0. The summed E-state index contributed by atoms with van der Waals surface area (Å²) in [6.07, 6.45) is 7.77. The summed E-state index contributed by atoms with van der Waals surface area (Å²) in [6.45, 7) is 4.41. The molecule has 1 aliphatic heterocycles. The number of hydrogen-bond acceptors (Lipinski definition) is 5. The number of rotatable bonds is 6. The Morgan fingerprint density at radius 2 is 1.77 bits per heavy atom. The Morgan fingerprint density at radius 3 is 2.51 bits per heavy atom. The van der Waals surface area contributed by atoms with Gasteiger partial charge in [-0.2, -0.15) is 0 Å². The van der Waals surface area contributed by atoms with Crippen LogP contribution in [0.4, 0.5) is 5.69 Å². The van der Waals surface area contributed by atoms with Gasteiger partial charge in [-0.1, -0.05) is 42.5 Å². The van der Waals surface area contributed by atoms with Crippen LogP contribution in [0.25, 0.3) is 22.5 Å². The molecule has 1 saturated heterocycles. The summed E-state index contributed by atoms with van der Waals surface area (Å²) >= 11 is 0. The van der Waals surface area contributed by atoms with Crippen LogP contribution in [0.5, 0.6) is 0 Å². The molecule has 1 atom stereocenters. The summed E-state index contributed by atoms with van der Waals surface area (Å²) in [5.41, 5.74) is 6.42. The van der Waals surface area contributed by atoms with Crippen LogP contribution in [0, 0.1) is 0 Å². The van der Waals surface area contributed by atoms with E-state index < -0.39 is 0 Å². The number of aromatic nitrogens is 3. The minimum Gasteiger partial charge on any atom is -0.326 e. The third kappa shape index (κ3) is 5.61. The zero-order valence-electron chi connectivity index (χ0n) is 19.9. The predicted molar refractivity (Wildman–Crippen MR) is 139 cm³/mol. The average Bonchev–Trinajstić information content (AvgIpc) is 2.90. The number of likely N-dealkylation sites (tertiary alicyclic amines) is 1. The maximum Gasteiger partial charge on any atom is 0.221 e. The summed E-state index contributed by atoms with van der Waals surface area (Å²) in [5, 5.41) is 2.83. The Bertz CT molecular complexity index is 1280. The highest BCUT2D eigenvalue weighted by Crippen LogP contribution is 2.34. The molecule has 0 bridgehead atoms. The monoisotopic (exact) mass is 463 g/mol. The first-order valence-corrected chi connectivity index (χ1v) is 12.1. The lowest BCUT2D eigenvalue weighted by Gasteiger charge is -2.33. The second kappa shape index (κ2) is 10.6. The van der Waals surface area contributed by atoms with Crippen molar-refractivity contribution in [1.82, 2.24) is 19.9 Å². The summed E-state index contributed by atoms with van der Waals surface area (Å²) in [4.78, 5) is 27.8. The quantitative estimate of drug-likeness (QED) is 0.406. The number of hydrogen-bond donors (Lipinski definition) is 1. The van der Waals surface area contributed by atoms with Gasteiger partial charge in [0, 0.05) is 61.3 Å². The zero-order chi connectivity index (χ0) is 24.0. The van der Waals surface area contributed by atoms with Crippen LogP contribution in [0.2, 0.25) is 0 Å². The van der Waals surface area contributed by atoms with Crippen molar-refractivity contribution >= 4 is 11.6 Å². The molecule has 0 unspecified atom stereocenters. The van der Waals surface area contributed by atoms with Crippen LogP contribution in [-0.2, 0) is 11.3 Å². The molecule has 2 aromatic carbocycles. The van der Waals surface area contributed by atoms with Gasteiger partial charge in [0.2, 0.25) is 5.91 Å². The minimum absolute atomic E-state index is 0.0539. The van der Waals surface area contributed by atoms with E-state index in [2.05, 4.69) is 51.6 Å². The van der Waals surface area contributed by atoms with E-state index in [-0.39, 0.29) is 5.91 Å². The summed E-state index contributed by atoms with van der Waals surface area (Å²) in [5.74, 6) is 1.01. The molecule has 1 fully saturated rings. The fourth-order valence-corrected chi connectivity index (χ4v) is 4.76. The highest BCUT2D eigenvalue weighted by atomic mass is 16.1. The van der Waals surface area contributed by atoms with Crippen LogP contribution in [0.1, 0.15) is 36.9 Å². The maximum absolute atomic E-state index is 11.3. The Kier molecular flexibility index (Phi) is 6.91. The van der Waals surface area contributed by atoms with Crippen LogP contribution < -0.4 is 5.32 Å². The largest absolute Gasteiger partial charge is 0.326 e. The van der Waals surface area contributed by atoms with Gasteiger partial charge in [0.25, 0.3) is 0 Å². The van der Waals surface area contributed by atoms with Crippen LogP contribution in [-0.4, -0.2) is 38.8 Å². The van der Waals surface area contributed by atoms with Crippen molar-refractivity contribution in [3.05, 3.63) is 96.6 Å². The van der Waals surface area contributed by atoms with Gasteiger partial charge in [0.1, 0.15) is 0 Å². The van der Waals surface area contributed by atoms with Gasteiger partial charge in [-0.05, 0) is 54.8 Å². The molecule has 6 nitrogen and oxygen atoms in total. The lowest BCUT2D eigenvalue weighted by atomic mass is 9.89. The Labute approximate surface area is 206 Å². The second-order valence-corrected chi connectivity index (χ2v) is 9.05. The first kappa shape index (κ1) is 22.9. The minimum atomic E-state index is -0.0539. The molecule has 1 aliphatic rings. The van der Waals surface area contributed by atoms with E-state index in [4.69, 9.17) is 9.97 Å². The lowest BCUT2D eigenvalue weighted by Crippen LogP contribution is -2.34. The molecule has 176 valence electrons. The van der Waals surface area contributed by atoms with Crippen molar-refractivity contribution in [2.45, 2.75) is 32.2 Å². The first-order valence-electron chi connectivity index (χ1n) is 12.1. The number of carbonyl (C=O) groups excluding carboxylic acids is 1. The van der Waals surface area contributed by atoms with Crippen molar-refractivity contribution in [3.8, 4) is 22.5 Å². The third-order valence-corrected chi connectivity index (χ3v) is 6.41. The number of nitrogens with zero attached hydrogens (tertiary/aromatic N) is 4. The lowest BCUT2D eigenvalue weighted by molar-refractivity contribution is -0.114. The highest BCUT2D eigenvalue weighted by molar-refractivity contribution is 5.88. The fraction of sp³-hybridized carbons (Fsp3) is 0.241. The standard InChI is InChI=1S/C29H29N5O/c1-21(35)32-26-11-9-22(10-12-26)19-34-17-5-8-25(20-34)28-27(23-6-3-2-4-7-23)18-31-29(33-28)24-13-15-30-16-14-24/h2-4,6-7,9-16,18,25H,5,8,17,19-20H2,1H3,(H,32,35)/t25-/m1/s1. The van der Waals surface area contributed by atoms with Gasteiger partial charge in [0.05, 0.1) is 5.69 Å². The van der Waals surface area contributed by atoms with E-state index >= 15 is 0 Å². The number of anilines is 1. The van der Waals surface area contributed by atoms with Crippen LogP contribution in [0.3, 0.4) is 0 Å². The Balaban J connectivity index is 1.41. The van der Waals surface area contributed by atoms with Crippen molar-refractivity contribution < 1.29 is 4.79 Å². The second-order valence-electron chi connectivity index (χ2n) is 9.05. The number of piperidine rings is 1. The van der Waals surface area contributed by atoms with E-state index in [0.717, 1.165) is 66.4 Å². The fourth-order valence-electron chi connectivity index (χ4n) is 4.76. The van der Waals surface area contributed by atoms with E-state index in [0.29, 0.717) is 5.92 Å². The molecule has 0 radical (unpaired) electrons. The van der Waals surface area contributed by atoms with Gasteiger partial charge in [-0.25, -0.2) is 9.97 Å². The highest BCUT2D eigenvalue weighted by Gasteiger charge is 2.26. The molecule has 3 heterocycles.